The summed E-state index contributed by atoms with van der Waals surface area (Å²) in [6.07, 6.45) is 5.89. The van der Waals surface area contributed by atoms with E-state index in [1.807, 2.05) is 0 Å². The molecule has 0 aromatic heterocycles. The van der Waals surface area contributed by atoms with Crippen molar-refractivity contribution in [1.82, 2.24) is 4.90 Å². The summed E-state index contributed by atoms with van der Waals surface area (Å²) in [5.41, 5.74) is 0.417. The standard InChI is InChI=1S/C19H39NO2/c1-8-12-13-18(7,9-2)16-22-19(21-11-4)14-17(5,6)20(10-3)15-19/h8-16H2,1-7H3. The van der Waals surface area contributed by atoms with E-state index < -0.39 is 5.79 Å². The Hall–Kier alpha value is -0.120. The van der Waals surface area contributed by atoms with E-state index in [1.165, 1.54) is 19.3 Å². The van der Waals surface area contributed by atoms with Crippen LogP contribution in [0.4, 0.5) is 0 Å². The van der Waals surface area contributed by atoms with Gasteiger partial charge in [0, 0.05) is 18.6 Å². The van der Waals surface area contributed by atoms with Crippen LogP contribution in [0.3, 0.4) is 0 Å². The third-order valence-corrected chi connectivity index (χ3v) is 5.45. The van der Waals surface area contributed by atoms with Crippen molar-refractivity contribution >= 4 is 0 Å². The molecule has 0 N–H and O–H groups in total. The molecule has 1 saturated heterocycles. The van der Waals surface area contributed by atoms with E-state index in [2.05, 4.69) is 53.4 Å². The van der Waals surface area contributed by atoms with Gasteiger partial charge in [0.1, 0.15) is 0 Å². The maximum absolute atomic E-state index is 6.49. The van der Waals surface area contributed by atoms with Gasteiger partial charge in [0.15, 0.2) is 5.79 Å². The lowest BCUT2D eigenvalue weighted by atomic mass is 9.83. The van der Waals surface area contributed by atoms with Gasteiger partial charge in [-0.25, -0.2) is 0 Å². The van der Waals surface area contributed by atoms with Crippen molar-refractivity contribution in [2.75, 3.05) is 26.3 Å². The van der Waals surface area contributed by atoms with Crippen molar-refractivity contribution in [2.45, 2.75) is 91.9 Å². The summed E-state index contributed by atoms with van der Waals surface area (Å²) < 4.78 is 12.6. The summed E-state index contributed by atoms with van der Waals surface area (Å²) in [5.74, 6) is -0.420. The molecule has 3 nitrogen and oxygen atoms in total. The second kappa shape index (κ2) is 8.12. The Balaban J connectivity index is 2.76. The third kappa shape index (κ3) is 4.94. The molecule has 0 spiro atoms. The molecule has 1 rings (SSSR count). The van der Waals surface area contributed by atoms with Gasteiger partial charge in [-0.1, -0.05) is 40.5 Å². The normalized spacial score (nSPS) is 28.0. The monoisotopic (exact) mass is 313 g/mol. The molecule has 1 fully saturated rings. The van der Waals surface area contributed by atoms with Gasteiger partial charge in [0.05, 0.1) is 13.2 Å². The molecule has 0 amide bonds. The first kappa shape index (κ1) is 19.9. The van der Waals surface area contributed by atoms with Crippen LogP contribution in [0.25, 0.3) is 0 Å². The van der Waals surface area contributed by atoms with Crippen molar-refractivity contribution in [2.24, 2.45) is 5.41 Å². The van der Waals surface area contributed by atoms with Crippen LogP contribution in [0.15, 0.2) is 0 Å². The zero-order chi connectivity index (χ0) is 16.9. The minimum atomic E-state index is -0.420. The fraction of sp³-hybridized carbons (Fsp3) is 1.00. The third-order valence-electron chi connectivity index (χ3n) is 5.45. The minimum absolute atomic E-state index is 0.149. The summed E-state index contributed by atoms with van der Waals surface area (Å²) in [4.78, 5) is 2.48. The molecular weight excluding hydrogens is 274 g/mol. The van der Waals surface area contributed by atoms with E-state index in [0.29, 0.717) is 6.61 Å². The Morgan fingerprint density at radius 1 is 1.09 bits per heavy atom. The number of ether oxygens (including phenoxy) is 2. The number of nitrogens with zero attached hydrogens (tertiary/aromatic N) is 1. The van der Waals surface area contributed by atoms with Gasteiger partial charge in [-0.05, 0) is 45.6 Å². The van der Waals surface area contributed by atoms with Gasteiger partial charge in [-0.15, -0.1) is 0 Å². The Bertz CT molecular complexity index is 331. The van der Waals surface area contributed by atoms with Crippen LogP contribution in [0.2, 0.25) is 0 Å². The van der Waals surface area contributed by atoms with E-state index in [4.69, 9.17) is 9.47 Å². The Morgan fingerprint density at radius 2 is 1.77 bits per heavy atom. The molecule has 22 heavy (non-hydrogen) atoms. The fourth-order valence-corrected chi connectivity index (χ4v) is 3.63. The van der Waals surface area contributed by atoms with Gasteiger partial charge >= 0.3 is 0 Å². The zero-order valence-corrected chi connectivity index (χ0v) is 16.1. The molecule has 2 unspecified atom stereocenters. The van der Waals surface area contributed by atoms with Crippen LogP contribution in [0, 0.1) is 5.41 Å². The lowest BCUT2D eigenvalue weighted by Gasteiger charge is -2.35. The molecule has 132 valence electrons. The number of hydrogen-bond acceptors (Lipinski definition) is 3. The highest BCUT2D eigenvalue weighted by Gasteiger charge is 2.50. The summed E-state index contributed by atoms with van der Waals surface area (Å²) >= 11 is 0. The van der Waals surface area contributed by atoms with E-state index in [0.717, 1.165) is 32.5 Å². The van der Waals surface area contributed by atoms with Crippen molar-refractivity contribution < 1.29 is 9.47 Å². The second-order valence-corrected chi connectivity index (χ2v) is 7.90. The molecule has 1 heterocycles. The lowest BCUT2D eigenvalue weighted by Crippen LogP contribution is -2.42. The molecule has 0 aromatic carbocycles. The van der Waals surface area contributed by atoms with Gasteiger partial charge in [0.2, 0.25) is 0 Å². The first-order valence-corrected chi connectivity index (χ1v) is 9.29. The number of likely N-dealkylation sites (N-methyl/N-ethyl adjacent to an activating group) is 1. The van der Waals surface area contributed by atoms with Gasteiger partial charge in [-0.2, -0.15) is 0 Å². The minimum Gasteiger partial charge on any atom is -0.349 e. The number of unbranched alkanes of at least 4 members (excludes halogenated alkanes) is 1. The van der Waals surface area contributed by atoms with Gasteiger partial charge < -0.3 is 9.47 Å². The Morgan fingerprint density at radius 3 is 2.23 bits per heavy atom. The topological polar surface area (TPSA) is 21.7 Å². The Labute approximate surface area is 138 Å². The SMILES string of the molecule is CCCCC(C)(CC)COC1(OCC)CN(CC)C(C)(C)C1. The Kier molecular flexibility index (Phi) is 7.35. The van der Waals surface area contributed by atoms with Crippen molar-refractivity contribution in [3.05, 3.63) is 0 Å². The van der Waals surface area contributed by atoms with Crippen LogP contribution >= 0.6 is 0 Å². The number of likely N-dealkylation sites (tertiary alicyclic amines) is 1. The molecule has 1 aliphatic rings. The molecule has 1 aliphatic heterocycles. The van der Waals surface area contributed by atoms with Crippen molar-refractivity contribution in [3.63, 3.8) is 0 Å². The maximum atomic E-state index is 6.49. The van der Waals surface area contributed by atoms with E-state index >= 15 is 0 Å². The zero-order valence-electron chi connectivity index (χ0n) is 16.1. The van der Waals surface area contributed by atoms with E-state index in [-0.39, 0.29) is 11.0 Å². The molecule has 0 radical (unpaired) electrons. The van der Waals surface area contributed by atoms with Crippen LogP contribution in [0.5, 0.6) is 0 Å². The second-order valence-electron chi connectivity index (χ2n) is 7.90. The largest absolute Gasteiger partial charge is 0.349 e. The van der Waals surface area contributed by atoms with Crippen LogP contribution in [-0.4, -0.2) is 42.5 Å². The molecule has 0 aromatic rings. The molecular formula is C19H39NO2. The first-order chi connectivity index (χ1) is 10.3. The van der Waals surface area contributed by atoms with Crippen LogP contribution in [0.1, 0.15) is 80.6 Å². The number of rotatable bonds is 10. The van der Waals surface area contributed by atoms with Crippen molar-refractivity contribution in [3.8, 4) is 0 Å². The summed E-state index contributed by atoms with van der Waals surface area (Å²) in [5, 5.41) is 0. The summed E-state index contributed by atoms with van der Waals surface area (Å²) in [7, 11) is 0. The molecule has 0 bridgehead atoms. The summed E-state index contributed by atoms with van der Waals surface area (Å²) in [6.45, 7) is 19.3. The predicted octanol–water partition coefficient (Wildman–Crippen LogP) is 4.85. The van der Waals surface area contributed by atoms with Crippen molar-refractivity contribution in [1.29, 1.82) is 0 Å². The van der Waals surface area contributed by atoms with Gasteiger partial charge in [0.25, 0.3) is 0 Å². The maximum Gasteiger partial charge on any atom is 0.182 e. The quantitative estimate of drug-likeness (QED) is 0.538. The van der Waals surface area contributed by atoms with Crippen LogP contribution < -0.4 is 0 Å². The first-order valence-electron chi connectivity index (χ1n) is 9.29. The van der Waals surface area contributed by atoms with Crippen LogP contribution in [-0.2, 0) is 9.47 Å². The smallest absolute Gasteiger partial charge is 0.182 e. The lowest BCUT2D eigenvalue weighted by molar-refractivity contribution is -0.239. The van der Waals surface area contributed by atoms with E-state index in [1.54, 1.807) is 0 Å². The number of hydrogen-bond donors (Lipinski definition) is 0. The highest BCUT2D eigenvalue weighted by Crippen LogP contribution is 2.40. The van der Waals surface area contributed by atoms with E-state index in [9.17, 15) is 0 Å². The summed E-state index contributed by atoms with van der Waals surface area (Å²) in [6, 6.07) is 0. The highest BCUT2D eigenvalue weighted by atomic mass is 16.7. The molecule has 0 saturated carbocycles. The molecule has 3 heteroatoms. The highest BCUT2D eigenvalue weighted by molar-refractivity contribution is 4.98. The molecule has 0 aliphatic carbocycles. The predicted molar refractivity (Wildman–Crippen MR) is 94.2 cm³/mol. The molecule has 2 atom stereocenters. The van der Waals surface area contributed by atoms with Gasteiger partial charge in [-0.3, -0.25) is 4.90 Å². The fourth-order valence-electron chi connectivity index (χ4n) is 3.63. The average Bonchev–Trinajstić information content (AvgIpc) is 2.74. The average molecular weight is 314 g/mol.